The minimum Gasteiger partial charge on any atom is -0.347 e. The standard InChI is InChI=1S/C15H16F3NO3/c16-15(17,18)12-3-1-11(2-4-12)13(20)19-7-5-14(6-8-19)21-9-10-22-14/h1-4H,5-10H2. The number of carbonyl (C=O) groups excluding carboxylic acids is 1. The zero-order chi connectivity index (χ0) is 15.8. The van der Waals surface area contributed by atoms with Crippen LogP contribution in [0.1, 0.15) is 28.8 Å². The first-order chi connectivity index (χ1) is 10.4. The molecule has 1 amide bonds. The first-order valence-corrected chi connectivity index (χ1v) is 7.14. The molecule has 1 aromatic rings. The first kappa shape index (κ1) is 15.3. The molecule has 0 saturated carbocycles. The minimum atomic E-state index is -4.39. The number of halogens is 3. The van der Waals surface area contributed by atoms with E-state index in [9.17, 15) is 18.0 Å². The number of nitrogens with zero attached hydrogens (tertiary/aromatic N) is 1. The fraction of sp³-hybridized carbons (Fsp3) is 0.533. The number of piperidine rings is 1. The molecule has 0 atom stereocenters. The van der Waals surface area contributed by atoms with Gasteiger partial charge in [-0.25, -0.2) is 0 Å². The van der Waals surface area contributed by atoms with Crippen LogP contribution in [-0.2, 0) is 15.7 Å². The first-order valence-electron chi connectivity index (χ1n) is 7.14. The van der Waals surface area contributed by atoms with Crippen LogP contribution < -0.4 is 0 Å². The molecule has 0 aliphatic carbocycles. The predicted molar refractivity (Wildman–Crippen MR) is 71.2 cm³/mol. The molecule has 2 saturated heterocycles. The summed E-state index contributed by atoms with van der Waals surface area (Å²) in [6.07, 6.45) is -3.23. The molecule has 0 N–H and O–H groups in total. The van der Waals surface area contributed by atoms with Crippen molar-refractivity contribution in [1.29, 1.82) is 0 Å². The highest BCUT2D eigenvalue weighted by molar-refractivity contribution is 5.94. The van der Waals surface area contributed by atoms with Crippen LogP contribution in [0.25, 0.3) is 0 Å². The lowest BCUT2D eigenvalue weighted by Crippen LogP contribution is -2.47. The fourth-order valence-electron chi connectivity index (χ4n) is 2.82. The average Bonchev–Trinajstić information content (AvgIpc) is 2.95. The summed E-state index contributed by atoms with van der Waals surface area (Å²) in [4.78, 5) is 14.0. The van der Waals surface area contributed by atoms with Crippen molar-refractivity contribution in [1.82, 2.24) is 4.90 Å². The van der Waals surface area contributed by atoms with Crippen molar-refractivity contribution < 1.29 is 27.4 Å². The molecule has 4 nitrogen and oxygen atoms in total. The van der Waals surface area contributed by atoms with Crippen LogP contribution in [-0.4, -0.2) is 42.9 Å². The zero-order valence-corrected chi connectivity index (χ0v) is 11.9. The Balaban J connectivity index is 1.65. The van der Waals surface area contributed by atoms with E-state index in [-0.39, 0.29) is 11.5 Å². The Morgan fingerprint density at radius 3 is 2.09 bits per heavy atom. The van der Waals surface area contributed by atoms with E-state index < -0.39 is 17.5 Å². The number of likely N-dealkylation sites (tertiary alicyclic amines) is 1. The van der Waals surface area contributed by atoms with Gasteiger partial charge in [-0.2, -0.15) is 13.2 Å². The summed E-state index contributed by atoms with van der Waals surface area (Å²) in [6.45, 7) is 2.07. The highest BCUT2D eigenvalue weighted by Gasteiger charge is 2.41. The van der Waals surface area contributed by atoms with E-state index >= 15 is 0 Å². The Morgan fingerprint density at radius 1 is 1.05 bits per heavy atom. The van der Waals surface area contributed by atoms with Gasteiger partial charge in [-0.1, -0.05) is 0 Å². The smallest absolute Gasteiger partial charge is 0.347 e. The van der Waals surface area contributed by atoms with Gasteiger partial charge in [0.1, 0.15) is 0 Å². The lowest BCUT2D eigenvalue weighted by molar-refractivity contribution is -0.181. The number of rotatable bonds is 1. The normalized spacial score (nSPS) is 21.3. The quantitative estimate of drug-likeness (QED) is 0.800. The third kappa shape index (κ3) is 2.96. The summed E-state index contributed by atoms with van der Waals surface area (Å²) in [7, 11) is 0. The van der Waals surface area contributed by atoms with Crippen molar-refractivity contribution in [3.63, 3.8) is 0 Å². The molecule has 2 fully saturated rings. The summed E-state index contributed by atoms with van der Waals surface area (Å²) < 4.78 is 48.7. The zero-order valence-electron chi connectivity index (χ0n) is 11.9. The molecule has 0 aromatic heterocycles. The molecule has 22 heavy (non-hydrogen) atoms. The molecule has 0 radical (unpaired) electrons. The summed E-state index contributed by atoms with van der Waals surface area (Å²) in [6, 6.07) is 4.31. The number of amides is 1. The monoisotopic (exact) mass is 315 g/mol. The highest BCUT2D eigenvalue weighted by atomic mass is 19.4. The molecule has 1 spiro atoms. The maximum atomic E-state index is 12.5. The number of benzene rings is 1. The minimum absolute atomic E-state index is 0.261. The molecule has 2 aliphatic heterocycles. The van der Waals surface area contributed by atoms with Crippen LogP contribution in [0.5, 0.6) is 0 Å². The molecule has 120 valence electrons. The lowest BCUT2D eigenvalue weighted by Gasteiger charge is -2.37. The molecule has 7 heteroatoms. The van der Waals surface area contributed by atoms with Gasteiger partial charge in [0.05, 0.1) is 18.8 Å². The molecule has 2 heterocycles. The van der Waals surface area contributed by atoms with E-state index in [0.717, 1.165) is 12.1 Å². The third-order valence-corrected chi connectivity index (χ3v) is 4.09. The van der Waals surface area contributed by atoms with Gasteiger partial charge in [0.2, 0.25) is 0 Å². The van der Waals surface area contributed by atoms with Crippen molar-refractivity contribution in [2.24, 2.45) is 0 Å². The number of hydrogen-bond acceptors (Lipinski definition) is 3. The van der Waals surface area contributed by atoms with E-state index in [1.54, 1.807) is 4.90 Å². The van der Waals surface area contributed by atoms with Crippen LogP contribution in [0.2, 0.25) is 0 Å². The number of ether oxygens (including phenoxy) is 2. The topological polar surface area (TPSA) is 38.8 Å². The molecular formula is C15H16F3NO3. The Kier molecular flexibility index (Phi) is 3.86. The Hall–Kier alpha value is -1.60. The third-order valence-electron chi connectivity index (χ3n) is 4.09. The van der Waals surface area contributed by atoms with E-state index in [0.29, 0.717) is 39.1 Å². The molecule has 1 aromatic carbocycles. The van der Waals surface area contributed by atoms with Crippen molar-refractivity contribution in [3.8, 4) is 0 Å². The predicted octanol–water partition coefficient (Wildman–Crippen LogP) is 2.68. The Labute approximate surface area is 125 Å². The van der Waals surface area contributed by atoms with E-state index in [4.69, 9.17) is 9.47 Å². The van der Waals surface area contributed by atoms with Crippen LogP contribution in [0.15, 0.2) is 24.3 Å². The van der Waals surface area contributed by atoms with Crippen molar-refractivity contribution in [2.75, 3.05) is 26.3 Å². The number of alkyl halides is 3. The maximum Gasteiger partial charge on any atom is 0.416 e. The van der Waals surface area contributed by atoms with Crippen molar-refractivity contribution in [3.05, 3.63) is 35.4 Å². The second-order valence-electron chi connectivity index (χ2n) is 5.47. The fourth-order valence-corrected chi connectivity index (χ4v) is 2.82. The van der Waals surface area contributed by atoms with Gasteiger partial charge in [0.25, 0.3) is 5.91 Å². The summed E-state index contributed by atoms with van der Waals surface area (Å²) in [5, 5.41) is 0. The van der Waals surface area contributed by atoms with Gasteiger partial charge in [-0.05, 0) is 24.3 Å². The van der Waals surface area contributed by atoms with E-state index in [1.165, 1.54) is 12.1 Å². The summed E-state index contributed by atoms with van der Waals surface area (Å²) in [5.74, 6) is -0.835. The number of hydrogen-bond donors (Lipinski definition) is 0. The van der Waals surface area contributed by atoms with Crippen molar-refractivity contribution in [2.45, 2.75) is 24.8 Å². The summed E-state index contributed by atoms with van der Waals surface area (Å²) in [5.41, 5.74) is -0.494. The molecule has 0 bridgehead atoms. The van der Waals surface area contributed by atoms with Crippen LogP contribution in [0, 0.1) is 0 Å². The Morgan fingerprint density at radius 2 is 1.59 bits per heavy atom. The second kappa shape index (κ2) is 5.55. The SMILES string of the molecule is O=C(c1ccc(C(F)(F)F)cc1)N1CCC2(CC1)OCCO2. The largest absolute Gasteiger partial charge is 0.416 e. The van der Waals surface area contributed by atoms with Gasteiger partial charge in [0, 0.05) is 31.5 Å². The molecule has 3 rings (SSSR count). The highest BCUT2D eigenvalue weighted by Crippen LogP contribution is 2.32. The van der Waals surface area contributed by atoms with Crippen LogP contribution >= 0.6 is 0 Å². The van der Waals surface area contributed by atoms with Gasteiger partial charge in [0.15, 0.2) is 5.79 Å². The van der Waals surface area contributed by atoms with Gasteiger partial charge < -0.3 is 14.4 Å². The second-order valence-corrected chi connectivity index (χ2v) is 5.47. The molecular weight excluding hydrogens is 299 g/mol. The van der Waals surface area contributed by atoms with Crippen LogP contribution in [0.3, 0.4) is 0 Å². The summed E-state index contributed by atoms with van der Waals surface area (Å²) >= 11 is 0. The molecule has 0 unspecified atom stereocenters. The molecule has 2 aliphatic rings. The van der Waals surface area contributed by atoms with Gasteiger partial charge in [-0.15, -0.1) is 0 Å². The van der Waals surface area contributed by atoms with Crippen molar-refractivity contribution >= 4 is 5.91 Å². The van der Waals surface area contributed by atoms with Crippen LogP contribution in [0.4, 0.5) is 13.2 Å². The Bertz CT molecular complexity index is 540. The van der Waals surface area contributed by atoms with E-state index in [2.05, 4.69) is 0 Å². The lowest BCUT2D eigenvalue weighted by atomic mass is 10.0. The maximum absolute atomic E-state index is 12.5. The number of carbonyl (C=O) groups is 1. The van der Waals surface area contributed by atoms with Gasteiger partial charge in [-0.3, -0.25) is 4.79 Å². The van der Waals surface area contributed by atoms with Gasteiger partial charge >= 0.3 is 6.18 Å². The van der Waals surface area contributed by atoms with E-state index in [1.807, 2.05) is 0 Å². The average molecular weight is 315 g/mol.